The van der Waals surface area contributed by atoms with Gasteiger partial charge in [0.25, 0.3) is 5.91 Å². The fourth-order valence-electron chi connectivity index (χ4n) is 5.76. The SMILES string of the molecule is CC(=O)CONCc1ccc(O)c2c1C[C@H]1C[C@H]3[C@H](N(C)C)C(O)=C(C(N)=O)C(=O)[C@@]3(O)C(O)=C1C2=O. The molecule has 0 radical (unpaired) electrons. The number of hydrogen-bond acceptors (Lipinski definition) is 11. The van der Waals surface area contributed by atoms with Gasteiger partial charge in [-0.3, -0.25) is 28.9 Å². The minimum Gasteiger partial charge on any atom is -0.510 e. The molecule has 0 aromatic heterocycles. The first-order valence-electron chi connectivity index (χ1n) is 11.6. The van der Waals surface area contributed by atoms with Gasteiger partial charge in [0.15, 0.2) is 17.2 Å². The van der Waals surface area contributed by atoms with E-state index in [0.29, 0.717) is 11.1 Å². The molecule has 0 unspecified atom stereocenters. The number of amides is 1. The van der Waals surface area contributed by atoms with E-state index < -0.39 is 58.0 Å². The second-order valence-electron chi connectivity index (χ2n) is 9.87. The Balaban J connectivity index is 1.82. The molecule has 7 N–H and O–H groups in total. The van der Waals surface area contributed by atoms with Gasteiger partial charge in [-0.2, -0.15) is 5.48 Å². The van der Waals surface area contributed by atoms with Crippen LogP contribution in [0.25, 0.3) is 0 Å². The predicted molar refractivity (Wildman–Crippen MR) is 127 cm³/mol. The number of nitrogens with zero attached hydrogens (tertiary/aromatic N) is 1. The highest BCUT2D eigenvalue weighted by molar-refractivity contribution is 6.24. The molecule has 0 aliphatic heterocycles. The van der Waals surface area contributed by atoms with Crippen molar-refractivity contribution in [2.75, 3.05) is 20.7 Å². The summed E-state index contributed by atoms with van der Waals surface area (Å²) in [6.07, 6.45) is 0.155. The van der Waals surface area contributed by atoms with Gasteiger partial charge in [-0.25, -0.2) is 0 Å². The zero-order valence-electron chi connectivity index (χ0n) is 20.6. The third-order valence-corrected chi connectivity index (χ3v) is 7.34. The van der Waals surface area contributed by atoms with Gasteiger partial charge in [0.2, 0.25) is 5.78 Å². The predicted octanol–water partition coefficient (Wildman–Crippen LogP) is -0.269. The summed E-state index contributed by atoms with van der Waals surface area (Å²) in [5, 5.41) is 44.2. The van der Waals surface area contributed by atoms with Crippen LogP contribution < -0.4 is 11.2 Å². The highest BCUT2D eigenvalue weighted by Crippen LogP contribution is 2.52. The summed E-state index contributed by atoms with van der Waals surface area (Å²) in [4.78, 5) is 56.6. The van der Waals surface area contributed by atoms with Gasteiger partial charge in [0.05, 0.1) is 11.6 Å². The van der Waals surface area contributed by atoms with Crippen LogP contribution in [0.3, 0.4) is 0 Å². The maximum atomic E-state index is 13.6. The molecule has 0 saturated heterocycles. The summed E-state index contributed by atoms with van der Waals surface area (Å²) >= 11 is 0. The van der Waals surface area contributed by atoms with E-state index in [0.717, 1.165) is 0 Å². The third kappa shape index (κ3) is 4.02. The lowest BCUT2D eigenvalue weighted by molar-refractivity contribution is -0.148. The maximum Gasteiger partial charge on any atom is 0.255 e. The highest BCUT2D eigenvalue weighted by atomic mass is 16.6. The van der Waals surface area contributed by atoms with Gasteiger partial charge >= 0.3 is 0 Å². The van der Waals surface area contributed by atoms with Gasteiger partial charge in [-0.15, -0.1) is 0 Å². The van der Waals surface area contributed by atoms with Crippen LogP contribution in [0.1, 0.15) is 34.8 Å². The van der Waals surface area contributed by atoms with Crippen molar-refractivity contribution in [1.82, 2.24) is 10.4 Å². The Morgan fingerprint density at radius 2 is 1.89 bits per heavy atom. The van der Waals surface area contributed by atoms with Gasteiger partial charge in [-0.1, -0.05) is 6.07 Å². The molecule has 198 valence electrons. The van der Waals surface area contributed by atoms with E-state index in [4.69, 9.17) is 10.6 Å². The van der Waals surface area contributed by atoms with Crippen molar-refractivity contribution in [2.45, 2.75) is 38.0 Å². The van der Waals surface area contributed by atoms with Crippen LogP contribution in [0, 0.1) is 11.8 Å². The number of aliphatic hydroxyl groups excluding tert-OH is 2. The number of primary amides is 1. The number of benzene rings is 1. The summed E-state index contributed by atoms with van der Waals surface area (Å²) in [6.45, 7) is 1.31. The molecule has 0 spiro atoms. The zero-order valence-corrected chi connectivity index (χ0v) is 20.6. The number of likely N-dealkylation sites (N-methyl/N-ethyl adjacent to an activating group) is 1. The number of hydrogen-bond donors (Lipinski definition) is 6. The van der Waals surface area contributed by atoms with Crippen molar-refractivity contribution in [3.63, 3.8) is 0 Å². The number of ketones is 3. The first-order chi connectivity index (χ1) is 17.3. The molecule has 1 aromatic rings. The Labute approximate surface area is 212 Å². The van der Waals surface area contributed by atoms with E-state index in [2.05, 4.69) is 5.48 Å². The van der Waals surface area contributed by atoms with Crippen LogP contribution in [0.4, 0.5) is 0 Å². The normalized spacial score (nSPS) is 27.2. The topological polar surface area (TPSA) is 200 Å². The summed E-state index contributed by atoms with van der Waals surface area (Å²) in [5.74, 6) is -7.19. The van der Waals surface area contributed by atoms with E-state index in [-0.39, 0.29) is 48.7 Å². The number of rotatable bonds is 7. The number of phenols is 1. The highest BCUT2D eigenvalue weighted by Gasteiger charge is 2.63. The van der Waals surface area contributed by atoms with E-state index in [9.17, 15) is 39.6 Å². The first kappa shape index (κ1) is 26.5. The van der Waals surface area contributed by atoms with E-state index in [1.165, 1.54) is 17.9 Å². The summed E-state index contributed by atoms with van der Waals surface area (Å²) in [5.41, 5.74) is 5.21. The van der Waals surface area contributed by atoms with Crippen LogP contribution >= 0.6 is 0 Å². The molecule has 3 aliphatic rings. The third-order valence-electron chi connectivity index (χ3n) is 7.34. The Kier molecular flexibility index (Phi) is 6.71. The average molecular weight is 516 g/mol. The van der Waals surface area contributed by atoms with E-state index in [1.54, 1.807) is 20.2 Å². The molecule has 12 heteroatoms. The lowest BCUT2D eigenvalue weighted by atomic mass is 9.58. The number of Topliss-reactive ketones (excluding diaryl/α,β-unsaturated/α-hetero) is 3. The van der Waals surface area contributed by atoms with Crippen molar-refractivity contribution >= 4 is 23.3 Å². The summed E-state index contributed by atoms with van der Waals surface area (Å²) in [7, 11) is 3.13. The summed E-state index contributed by atoms with van der Waals surface area (Å²) in [6, 6.07) is 1.84. The number of aromatic hydroxyl groups is 1. The van der Waals surface area contributed by atoms with E-state index >= 15 is 0 Å². The molecule has 3 aliphatic carbocycles. The molecule has 0 heterocycles. The Morgan fingerprint density at radius 3 is 2.49 bits per heavy atom. The second kappa shape index (κ2) is 9.38. The molecular weight excluding hydrogens is 486 g/mol. The standard InChI is InChI=1S/C25H29N3O9/c1-10(29)9-37-27-8-11-4-5-15(30)17-13(11)6-12-7-14-19(28(2)3)21(32)18(24(26)35)23(34)25(14,36)22(33)16(12)20(17)31/h4-5,12,14,19,27,30,32-33,36H,6-9H2,1-3H3,(H2,26,35)/t12-,14-,19-,25-/m0/s1. The minimum absolute atomic E-state index is 0.00484. The van der Waals surface area contributed by atoms with Gasteiger partial charge < -0.3 is 26.2 Å². The Bertz CT molecular complexity index is 1280. The van der Waals surface area contributed by atoms with Crippen molar-refractivity contribution in [2.24, 2.45) is 17.6 Å². The van der Waals surface area contributed by atoms with Crippen LogP contribution in [0.15, 0.2) is 34.8 Å². The number of nitrogens with two attached hydrogens (primary N) is 1. The quantitative estimate of drug-likeness (QED) is 0.159. The van der Waals surface area contributed by atoms with Crippen LogP contribution in [-0.4, -0.2) is 80.9 Å². The number of aliphatic hydroxyl groups is 3. The molecule has 37 heavy (non-hydrogen) atoms. The van der Waals surface area contributed by atoms with Gasteiger partial charge in [0, 0.05) is 18.0 Å². The molecule has 1 amide bonds. The van der Waals surface area contributed by atoms with Crippen molar-refractivity contribution in [3.8, 4) is 5.75 Å². The van der Waals surface area contributed by atoms with Gasteiger partial charge in [-0.05, 0) is 57.0 Å². The lowest BCUT2D eigenvalue weighted by Gasteiger charge is -2.50. The molecule has 1 aromatic carbocycles. The maximum absolute atomic E-state index is 13.6. The van der Waals surface area contributed by atoms with E-state index in [1.807, 2.05) is 0 Å². The zero-order chi connectivity index (χ0) is 27.4. The number of fused-ring (bicyclic) bond motifs is 3. The summed E-state index contributed by atoms with van der Waals surface area (Å²) < 4.78 is 0. The number of hydroxylamine groups is 1. The number of nitrogens with one attached hydrogen (secondary N) is 1. The molecule has 0 bridgehead atoms. The number of allylic oxidation sites excluding steroid dienone is 1. The molecule has 0 fully saturated rings. The van der Waals surface area contributed by atoms with Crippen LogP contribution in [0.5, 0.6) is 5.75 Å². The molecule has 4 atom stereocenters. The second-order valence-corrected chi connectivity index (χ2v) is 9.87. The molecule has 0 saturated carbocycles. The van der Waals surface area contributed by atoms with Crippen molar-refractivity contribution in [1.29, 1.82) is 0 Å². The smallest absolute Gasteiger partial charge is 0.255 e. The lowest BCUT2D eigenvalue weighted by Crippen LogP contribution is -2.63. The van der Waals surface area contributed by atoms with Crippen LogP contribution in [-0.2, 0) is 32.2 Å². The number of carbonyl (C=O) groups is 4. The minimum atomic E-state index is -2.68. The Hall–Kier alpha value is -3.58. The van der Waals surface area contributed by atoms with Crippen LogP contribution in [0.2, 0.25) is 0 Å². The fraction of sp³-hybridized carbons (Fsp3) is 0.440. The Morgan fingerprint density at radius 1 is 1.22 bits per heavy atom. The molecular formula is C25H29N3O9. The molecule has 12 nitrogen and oxygen atoms in total. The van der Waals surface area contributed by atoms with Crippen molar-refractivity contribution in [3.05, 3.63) is 51.5 Å². The van der Waals surface area contributed by atoms with Crippen molar-refractivity contribution < 1.29 is 44.4 Å². The fourth-order valence-corrected chi connectivity index (χ4v) is 5.76. The number of phenolic OH excluding ortho intramolecular Hbond substituents is 1. The molecule has 4 rings (SSSR count). The largest absolute Gasteiger partial charge is 0.510 e. The van der Waals surface area contributed by atoms with Gasteiger partial charge in [0.1, 0.15) is 29.4 Å². The number of carbonyl (C=O) groups excluding carboxylic acids is 4. The monoisotopic (exact) mass is 515 g/mol. The first-order valence-corrected chi connectivity index (χ1v) is 11.6. The average Bonchev–Trinajstić information content (AvgIpc) is 2.79.